The maximum Gasteiger partial charge on any atom is 0.348 e. The summed E-state index contributed by atoms with van der Waals surface area (Å²) >= 11 is 0.875. The molecule has 1 atom stereocenters. The molecule has 1 aromatic heterocycles. The van der Waals surface area contributed by atoms with Crippen molar-refractivity contribution in [3.05, 3.63) is 51.9 Å². The van der Waals surface area contributed by atoms with E-state index >= 15 is 0 Å². The lowest BCUT2D eigenvalue weighted by molar-refractivity contribution is -0.152. The number of benzene rings is 1. The smallest absolute Gasteiger partial charge is 0.348 e. The highest BCUT2D eigenvalue weighted by atomic mass is 32.1. The topological polar surface area (TPSA) is 108 Å². The second-order valence-electron chi connectivity index (χ2n) is 5.63. The summed E-state index contributed by atoms with van der Waals surface area (Å²) in [6.07, 6.45) is -1.23. The third-order valence-electron chi connectivity index (χ3n) is 3.77. The van der Waals surface area contributed by atoms with Crippen molar-refractivity contribution in [1.82, 2.24) is 0 Å². The molecule has 0 aliphatic carbocycles. The van der Waals surface area contributed by atoms with Crippen LogP contribution in [-0.4, -0.2) is 38.0 Å². The lowest BCUT2D eigenvalue weighted by atomic mass is 10.1. The van der Waals surface area contributed by atoms with Gasteiger partial charge in [-0.05, 0) is 12.5 Å². The third-order valence-corrected chi connectivity index (χ3v) is 4.96. The number of rotatable bonds is 6. The molecule has 8 nitrogen and oxygen atoms in total. The van der Waals surface area contributed by atoms with E-state index in [1.807, 2.05) is 0 Å². The van der Waals surface area contributed by atoms with Gasteiger partial charge in [0.1, 0.15) is 9.88 Å². The van der Waals surface area contributed by atoms with Crippen molar-refractivity contribution >= 4 is 40.2 Å². The molecule has 1 heterocycles. The molecule has 0 aliphatic rings. The molecule has 148 valence electrons. The van der Waals surface area contributed by atoms with Crippen LogP contribution in [0, 0.1) is 6.92 Å². The first-order valence-corrected chi connectivity index (χ1v) is 8.94. The van der Waals surface area contributed by atoms with E-state index in [4.69, 9.17) is 14.2 Å². The molecule has 0 unspecified atom stereocenters. The molecule has 0 fully saturated rings. The highest BCUT2D eigenvalue weighted by Gasteiger charge is 2.30. The van der Waals surface area contributed by atoms with Crippen LogP contribution in [0.25, 0.3) is 0 Å². The summed E-state index contributed by atoms with van der Waals surface area (Å²) in [6, 6.07) is 8.42. The average Bonchev–Trinajstić information content (AvgIpc) is 3.01. The van der Waals surface area contributed by atoms with Crippen LogP contribution in [0.1, 0.15) is 44.2 Å². The Balaban J connectivity index is 2.44. The lowest BCUT2D eigenvalue weighted by Gasteiger charge is -2.17. The van der Waals surface area contributed by atoms with Gasteiger partial charge in [-0.1, -0.05) is 30.3 Å². The number of hydrogen-bond acceptors (Lipinski definition) is 8. The van der Waals surface area contributed by atoms with E-state index in [-0.39, 0.29) is 15.4 Å². The van der Waals surface area contributed by atoms with E-state index in [0.717, 1.165) is 11.3 Å². The molecule has 28 heavy (non-hydrogen) atoms. The Morgan fingerprint density at radius 3 is 2.14 bits per heavy atom. The van der Waals surface area contributed by atoms with E-state index in [9.17, 15) is 19.2 Å². The molecular formula is C19H19NO7S. The molecule has 0 aliphatic heterocycles. The number of amides is 1. The first-order chi connectivity index (χ1) is 13.3. The molecule has 0 bridgehead atoms. The van der Waals surface area contributed by atoms with E-state index in [1.54, 1.807) is 37.3 Å². The second kappa shape index (κ2) is 9.14. The zero-order valence-electron chi connectivity index (χ0n) is 15.7. The van der Waals surface area contributed by atoms with Crippen molar-refractivity contribution in [2.45, 2.75) is 20.0 Å². The van der Waals surface area contributed by atoms with Crippen molar-refractivity contribution < 1.29 is 33.4 Å². The van der Waals surface area contributed by atoms with Crippen molar-refractivity contribution in [1.29, 1.82) is 0 Å². The number of esters is 3. The summed E-state index contributed by atoms with van der Waals surface area (Å²) in [5.41, 5.74) is 0.815. The maximum absolute atomic E-state index is 12.8. The van der Waals surface area contributed by atoms with Crippen molar-refractivity contribution in [3.8, 4) is 0 Å². The molecule has 0 saturated heterocycles. The lowest BCUT2D eigenvalue weighted by Crippen LogP contribution is -2.25. The van der Waals surface area contributed by atoms with Crippen LogP contribution in [-0.2, 0) is 23.8 Å². The highest BCUT2D eigenvalue weighted by molar-refractivity contribution is 7.18. The number of hydrogen-bond donors (Lipinski definition) is 1. The Kier molecular flexibility index (Phi) is 6.89. The van der Waals surface area contributed by atoms with Gasteiger partial charge in [0.05, 0.1) is 19.8 Å². The molecule has 9 heteroatoms. The zero-order valence-corrected chi connectivity index (χ0v) is 16.5. The minimum absolute atomic E-state index is 0.0379. The summed E-state index contributed by atoms with van der Waals surface area (Å²) in [5.74, 6) is -2.69. The molecule has 0 radical (unpaired) electrons. The number of carbonyl (C=O) groups is 4. The number of methoxy groups -OCH3 is 2. The minimum atomic E-state index is -1.23. The zero-order chi connectivity index (χ0) is 20.8. The van der Waals surface area contributed by atoms with Crippen LogP contribution >= 0.6 is 11.3 Å². The van der Waals surface area contributed by atoms with Gasteiger partial charge in [0, 0.05) is 12.5 Å². The van der Waals surface area contributed by atoms with E-state index in [2.05, 4.69) is 5.32 Å². The molecular weight excluding hydrogens is 386 g/mol. The predicted octanol–water partition coefficient (Wildman–Crippen LogP) is 2.87. The summed E-state index contributed by atoms with van der Waals surface area (Å²) in [6.45, 7) is 2.74. The fourth-order valence-corrected chi connectivity index (χ4v) is 3.60. The van der Waals surface area contributed by atoms with Crippen molar-refractivity contribution in [3.63, 3.8) is 0 Å². The van der Waals surface area contributed by atoms with Gasteiger partial charge in [-0.2, -0.15) is 0 Å². The fraction of sp³-hybridized carbons (Fsp3) is 0.263. The maximum atomic E-state index is 12.8. The van der Waals surface area contributed by atoms with Gasteiger partial charge in [-0.25, -0.2) is 9.59 Å². The third kappa shape index (κ3) is 4.55. The van der Waals surface area contributed by atoms with Gasteiger partial charge in [-0.3, -0.25) is 9.59 Å². The Morgan fingerprint density at radius 2 is 1.61 bits per heavy atom. The fourth-order valence-electron chi connectivity index (χ4n) is 2.48. The van der Waals surface area contributed by atoms with Crippen LogP contribution in [0.15, 0.2) is 30.3 Å². The quantitative estimate of drug-likeness (QED) is 0.581. The average molecular weight is 405 g/mol. The molecule has 1 amide bonds. The molecule has 2 rings (SSSR count). The van der Waals surface area contributed by atoms with Gasteiger partial charge in [0.2, 0.25) is 6.10 Å². The summed E-state index contributed by atoms with van der Waals surface area (Å²) < 4.78 is 14.6. The normalized spacial score (nSPS) is 11.3. The van der Waals surface area contributed by atoms with Crippen molar-refractivity contribution in [2.75, 3.05) is 19.5 Å². The Morgan fingerprint density at radius 1 is 1.00 bits per heavy atom. The van der Waals surface area contributed by atoms with Gasteiger partial charge in [0.25, 0.3) is 5.91 Å². The first-order valence-electron chi connectivity index (χ1n) is 8.13. The van der Waals surface area contributed by atoms with Gasteiger partial charge < -0.3 is 19.5 Å². The predicted molar refractivity (Wildman–Crippen MR) is 101 cm³/mol. The number of anilines is 1. The molecule has 0 saturated carbocycles. The second-order valence-corrected chi connectivity index (χ2v) is 6.65. The molecule has 2 aromatic rings. The monoisotopic (exact) mass is 405 g/mol. The molecule has 1 N–H and O–H groups in total. The summed E-state index contributed by atoms with van der Waals surface area (Å²) in [7, 11) is 2.40. The molecule has 1 aromatic carbocycles. The van der Waals surface area contributed by atoms with E-state index in [1.165, 1.54) is 21.1 Å². The van der Waals surface area contributed by atoms with Crippen LogP contribution in [0.5, 0.6) is 0 Å². The van der Waals surface area contributed by atoms with Crippen LogP contribution in [0.2, 0.25) is 0 Å². The summed E-state index contributed by atoms with van der Waals surface area (Å²) in [4.78, 5) is 48.6. The number of ether oxygens (including phenoxy) is 3. The van der Waals surface area contributed by atoms with E-state index < -0.39 is 29.9 Å². The van der Waals surface area contributed by atoms with Gasteiger partial charge in [-0.15, -0.1) is 11.3 Å². The minimum Gasteiger partial charge on any atom is -0.465 e. The Labute approximate surface area is 165 Å². The Bertz CT molecular complexity index is 905. The van der Waals surface area contributed by atoms with Crippen LogP contribution in [0.3, 0.4) is 0 Å². The largest absolute Gasteiger partial charge is 0.465 e. The Hall–Kier alpha value is -3.20. The number of thiophene rings is 1. The standard InChI is InChI=1S/C19H19NO7S/c1-10-13(18(23)25-3)17(28-15(10)19(24)26-4)20-16(22)14(27-11(2)21)12-8-6-5-7-9-12/h5-9,14H,1-4H3,(H,20,22)/t14-/m1/s1. The van der Waals surface area contributed by atoms with Gasteiger partial charge >= 0.3 is 17.9 Å². The molecule has 0 spiro atoms. The van der Waals surface area contributed by atoms with Crippen LogP contribution in [0.4, 0.5) is 5.00 Å². The first kappa shape index (κ1) is 21.1. The van der Waals surface area contributed by atoms with Gasteiger partial charge in [0.15, 0.2) is 0 Å². The highest BCUT2D eigenvalue weighted by Crippen LogP contribution is 2.35. The van der Waals surface area contributed by atoms with Crippen LogP contribution < -0.4 is 5.32 Å². The van der Waals surface area contributed by atoms with Crippen molar-refractivity contribution in [2.24, 2.45) is 0 Å². The number of carbonyl (C=O) groups excluding carboxylic acids is 4. The number of nitrogens with one attached hydrogen (secondary N) is 1. The SMILES string of the molecule is COC(=O)c1sc(NC(=O)[C@H](OC(C)=O)c2ccccc2)c(C(=O)OC)c1C. The summed E-state index contributed by atoms with van der Waals surface area (Å²) in [5, 5.41) is 2.66. The van der Waals surface area contributed by atoms with E-state index in [0.29, 0.717) is 11.1 Å².